The van der Waals surface area contributed by atoms with E-state index in [1.54, 1.807) is 0 Å². The van der Waals surface area contributed by atoms with Crippen LogP contribution in [-0.4, -0.2) is 24.3 Å². The van der Waals surface area contributed by atoms with E-state index in [-0.39, 0.29) is 5.97 Å². The van der Waals surface area contributed by atoms with Crippen molar-refractivity contribution < 1.29 is 14.6 Å². The Labute approximate surface area is 316 Å². The number of esters is 1. The zero-order chi connectivity index (χ0) is 36.7. The molecule has 0 saturated heterocycles. The average Bonchev–Trinajstić information content (AvgIpc) is 3.13. The third-order valence-electron chi connectivity index (χ3n) is 10.4. The summed E-state index contributed by atoms with van der Waals surface area (Å²) in [5.74, 6) is -0.298. The van der Waals surface area contributed by atoms with Crippen molar-refractivity contribution in [3.05, 3.63) is 12.7 Å². The summed E-state index contributed by atoms with van der Waals surface area (Å²) in [6.07, 6.45) is 57.0. The average molecular weight is 707 g/mol. The third-order valence-corrected chi connectivity index (χ3v) is 10.4. The molecule has 0 aromatic heterocycles. The standard InChI is InChI=1S/C25H48O2.C22H46O/c1-3-5-6-7-8-9-10-11-12-13-14-15-16-17-18-19-20-21-22-23-24-27-25(26)4-2;1-2-3-4-5-6-7-8-9-10-11-12-13-14-15-16-17-18-19-20-21-22-23/h4H,2-3,5-24H2,1H3;23H,2-22H2,1H3. The molecule has 0 amide bonds. The number of aliphatic hydroxyl groups is 1. The van der Waals surface area contributed by atoms with E-state index >= 15 is 0 Å². The van der Waals surface area contributed by atoms with E-state index in [1.807, 2.05) is 0 Å². The second-order valence-corrected chi connectivity index (χ2v) is 15.5. The first-order valence-corrected chi connectivity index (χ1v) is 23.1. The molecule has 0 aromatic carbocycles. The fourth-order valence-electron chi connectivity index (χ4n) is 6.96. The van der Waals surface area contributed by atoms with Crippen molar-refractivity contribution in [1.82, 2.24) is 0 Å². The smallest absolute Gasteiger partial charge is 0.330 e. The van der Waals surface area contributed by atoms with Crippen molar-refractivity contribution in [2.24, 2.45) is 0 Å². The molecule has 0 rings (SSSR count). The summed E-state index contributed by atoms with van der Waals surface area (Å²) >= 11 is 0. The number of aliphatic hydroxyl groups excluding tert-OH is 1. The number of carbonyl (C=O) groups excluding carboxylic acids is 1. The first-order valence-electron chi connectivity index (χ1n) is 23.1. The van der Waals surface area contributed by atoms with Crippen LogP contribution in [0.1, 0.15) is 271 Å². The van der Waals surface area contributed by atoms with Gasteiger partial charge in [0.25, 0.3) is 0 Å². The number of unbranched alkanes of at least 4 members (excludes halogenated alkanes) is 38. The van der Waals surface area contributed by atoms with Crippen LogP contribution >= 0.6 is 0 Å². The van der Waals surface area contributed by atoms with Gasteiger partial charge < -0.3 is 9.84 Å². The molecule has 0 atom stereocenters. The van der Waals surface area contributed by atoms with Gasteiger partial charge >= 0.3 is 5.97 Å². The molecule has 50 heavy (non-hydrogen) atoms. The van der Waals surface area contributed by atoms with Crippen LogP contribution in [0.25, 0.3) is 0 Å². The first-order chi connectivity index (χ1) is 24.7. The summed E-state index contributed by atoms with van der Waals surface area (Å²) < 4.78 is 4.97. The predicted molar refractivity (Wildman–Crippen MR) is 224 cm³/mol. The SMILES string of the molecule is C=CC(=O)OCCCCCCCCCCCCCCCCCCCCCC.CCCCCCCCCCCCCCCCCCCCCCO. The van der Waals surface area contributed by atoms with E-state index in [4.69, 9.17) is 9.84 Å². The zero-order valence-electron chi connectivity index (χ0n) is 34.7. The Morgan fingerprint density at radius 3 is 0.780 bits per heavy atom. The first kappa shape index (κ1) is 51.3. The van der Waals surface area contributed by atoms with E-state index in [0.717, 1.165) is 12.8 Å². The minimum absolute atomic E-state index is 0.298. The van der Waals surface area contributed by atoms with Gasteiger partial charge in [-0.05, 0) is 12.8 Å². The van der Waals surface area contributed by atoms with Gasteiger partial charge in [-0.2, -0.15) is 0 Å². The van der Waals surface area contributed by atoms with E-state index in [0.29, 0.717) is 13.2 Å². The van der Waals surface area contributed by atoms with Gasteiger partial charge in [-0.25, -0.2) is 4.79 Å². The number of rotatable bonds is 42. The molecule has 0 heterocycles. The highest BCUT2D eigenvalue weighted by molar-refractivity contribution is 5.81. The maximum atomic E-state index is 10.9. The van der Waals surface area contributed by atoms with Gasteiger partial charge in [0.1, 0.15) is 0 Å². The lowest BCUT2D eigenvalue weighted by atomic mass is 10.0. The summed E-state index contributed by atoms with van der Waals surface area (Å²) in [6.45, 7) is 8.89. The van der Waals surface area contributed by atoms with Gasteiger partial charge in [-0.15, -0.1) is 0 Å². The zero-order valence-corrected chi connectivity index (χ0v) is 34.7. The molecule has 0 saturated carbocycles. The van der Waals surface area contributed by atoms with E-state index in [9.17, 15) is 4.79 Å². The molecule has 0 fully saturated rings. The lowest BCUT2D eigenvalue weighted by Gasteiger charge is -2.04. The molecule has 3 nitrogen and oxygen atoms in total. The monoisotopic (exact) mass is 707 g/mol. The molecule has 0 aliphatic heterocycles. The molecule has 300 valence electrons. The van der Waals surface area contributed by atoms with Gasteiger partial charge in [0.15, 0.2) is 0 Å². The molecule has 0 aliphatic carbocycles. The van der Waals surface area contributed by atoms with Gasteiger partial charge in [0, 0.05) is 12.7 Å². The van der Waals surface area contributed by atoms with Crippen molar-refractivity contribution in [1.29, 1.82) is 0 Å². The molecule has 0 aromatic rings. The summed E-state index contributed by atoms with van der Waals surface area (Å²) in [5.41, 5.74) is 0. The number of hydrogen-bond acceptors (Lipinski definition) is 3. The van der Waals surface area contributed by atoms with Crippen LogP contribution in [0, 0.1) is 0 Å². The van der Waals surface area contributed by atoms with Crippen LogP contribution in [0.5, 0.6) is 0 Å². The summed E-state index contributed by atoms with van der Waals surface area (Å²) in [7, 11) is 0. The van der Waals surface area contributed by atoms with Crippen LogP contribution < -0.4 is 0 Å². The fourth-order valence-corrected chi connectivity index (χ4v) is 6.96. The molecule has 1 N–H and O–H groups in total. The summed E-state index contributed by atoms with van der Waals surface area (Å²) in [5, 5.41) is 8.71. The Morgan fingerprint density at radius 2 is 0.580 bits per heavy atom. The van der Waals surface area contributed by atoms with E-state index in [1.165, 1.54) is 250 Å². The molecule has 0 radical (unpaired) electrons. The fraction of sp³-hybridized carbons (Fsp3) is 0.936. The summed E-state index contributed by atoms with van der Waals surface area (Å²) in [6, 6.07) is 0. The molecule has 0 aliphatic rings. The topological polar surface area (TPSA) is 46.5 Å². The molecule has 0 unspecified atom stereocenters. The maximum absolute atomic E-state index is 10.9. The molecular weight excluding hydrogens is 613 g/mol. The third kappa shape index (κ3) is 51.5. The molecular formula is C47H94O3. The highest BCUT2D eigenvalue weighted by atomic mass is 16.5. The Morgan fingerprint density at radius 1 is 0.380 bits per heavy atom. The second-order valence-electron chi connectivity index (χ2n) is 15.5. The normalized spacial score (nSPS) is 11.0. The highest BCUT2D eigenvalue weighted by Gasteiger charge is 1.98. The maximum Gasteiger partial charge on any atom is 0.330 e. The van der Waals surface area contributed by atoms with Crippen molar-refractivity contribution in [2.45, 2.75) is 271 Å². The van der Waals surface area contributed by atoms with Crippen molar-refractivity contribution in [3.63, 3.8) is 0 Å². The summed E-state index contributed by atoms with van der Waals surface area (Å²) in [4.78, 5) is 10.9. The molecule has 3 heteroatoms. The second kappa shape index (κ2) is 50.3. The van der Waals surface area contributed by atoms with Gasteiger partial charge in [-0.3, -0.25) is 0 Å². The number of ether oxygens (including phenoxy) is 1. The number of hydrogen-bond donors (Lipinski definition) is 1. The van der Waals surface area contributed by atoms with Crippen LogP contribution in [0.3, 0.4) is 0 Å². The molecule has 0 spiro atoms. The number of carbonyl (C=O) groups is 1. The Bertz CT molecular complexity index is 583. The van der Waals surface area contributed by atoms with Crippen LogP contribution in [0.4, 0.5) is 0 Å². The van der Waals surface area contributed by atoms with Crippen LogP contribution in [0.15, 0.2) is 12.7 Å². The van der Waals surface area contributed by atoms with Crippen LogP contribution in [-0.2, 0) is 9.53 Å². The largest absolute Gasteiger partial charge is 0.463 e. The van der Waals surface area contributed by atoms with Gasteiger partial charge in [0.05, 0.1) is 6.61 Å². The minimum atomic E-state index is -0.298. The van der Waals surface area contributed by atoms with Crippen molar-refractivity contribution >= 4 is 5.97 Å². The predicted octanol–water partition coefficient (Wildman–Crippen LogP) is 16.3. The van der Waals surface area contributed by atoms with Gasteiger partial charge in [0.2, 0.25) is 0 Å². The van der Waals surface area contributed by atoms with Gasteiger partial charge in [-0.1, -0.05) is 264 Å². The van der Waals surface area contributed by atoms with E-state index < -0.39 is 0 Å². The Balaban J connectivity index is 0. The van der Waals surface area contributed by atoms with Crippen LogP contribution in [0.2, 0.25) is 0 Å². The lowest BCUT2D eigenvalue weighted by Crippen LogP contribution is -2.01. The quantitative estimate of drug-likeness (QED) is 0.0390. The molecule has 0 bridgehead atoms. The lowest BCUT2D eigenvalue weighted by molar-refractivity contribution is -0.137. The minimum Gasteiger partial charge on any atom is -0.463 e. The van der Waals surface area contributed by atoms with Crippen molar-refractivity contribution in [2.75, 3.05) is 13.2 Å². The Hall–Kier alpha value is -0.830. The van der Waals surface area contributed by atoms with Crippen molar-refractivity contribution in [3.8, 4) is 0 Å². The Kier molecular flexibility index (Phi) is 51.6. The van der Waals surface area contributed by atoms with E-state index in [2.05, 4.69) is 20.4 Å². The highest BCUT2D eigenvalue weighted by Crippen LogP contribution is 2.16.